The summed E-state index contributed by atoms with van der Waals surface area (Å²) < 4.78 is 67.6. The molecule has 1 rings (SSSR count). The van der Waals surface area contributed by atoms with Crippen molar-refractivity contribution in [3.8, 4) is 11.5 Å². The highest BCUT2D eigenvalue weighted by Gasteiger charge is 2.33. The van der Waals surface area contributed by atoms with Crippen molar-refractivity contribution in [2.24, 2.45) is 5.73 Å². The highest BCUT2D eigenvalue weighted by atomic mass is 19.4. The van der Waals surface area contributed by atoms with Crippen LogP contribution in [-0.2, 0) is 6.54 Å². The molecule has 96 valence electrons. The third-order valence-corrected chi connectivity index (χ3v) is 1.71. The van der Waals surface area contributed by atoms with Gasteiger partial charge in [-0.2, -0.15) is 8.78 Å². The Kier molecular flexibility index (Phi) is 4.11. The van der Waals surface area contributed by atoms with Gasteiger partial charge in [0.25, 0.3) is 0 Å². The third-order valence-electron chi connectivity index (χ3n) is 1.71. The van der Waals surface area contributed by atoms with Gasteiger partial charge in [-0.25, -0.2) is 0 Å². The van der Waals surface area contributed by atoms with Crippen molar-refractivity contribution < 1.29 is 31.4 Å². The van der Waals surface area contributed by atoms with Crippen LogP contribution in [0, 0.1) is 0 Å². The summed E-state index contributed by atoms with van der Waals surface area (Å²) >= 11 is 0. The zero-order valence-corrected chi connectivity index (χ0v) is 8.30. The van der Waals surface area contributed by atoms with Crippen LogP contribution in [-0.4, -0.2) is 13.0 Å². The Morgan fingerprint density at radius 3 is 2.35 bits per heavy atom. The fraction of sp³-hybridized carbons (Fsp3) is 0.333. The predicted molar refractivity (Wildman–Crippen MR) is 47.6 cm³/mol. The zero-order valence-electron chi connectivity index (χ0n) is 8.30. The number of ether oxygens (including phenoxy) is 2. The summed E-state index contributed by atoms with van der Waals surface area (Å²) in [6.45, 7) is -3.52. The molecule has 0 amide bonds. The summed E-state index contributed by atoms with van der Waals surface area (Å²) in [5.41, 5.74) is 5.19. The summed E-state index contributed by atoms with van der Waals surface area (Å²) in [6.07, 6.45) is -4.99. The van der Waals surface area contributed by atoms with Crippen molar-refractivity contribution in [1.82, 2.24) is 0 Å². The second-order valence-corrected chi connectivity index (χ2v) is 2.87. The van der Waals surface area contributed by atoms with Crippen molar-refractivity contribution in [2.45, 2.75) is 19.5 Å². The average Bonchev–Trinajstić information content (AvgIpc) is 2.17. The number of hydrogen-bond acceptors (Lipinski definition) is 3. The van der Waals surface area contributed by atoms with Gasteiger partial charge < -0.3 is 15.2 Å². The van der Waals surface area contributed by atoms with Gasteiger partial charge in [-0.1, -0.05) is 12.1 Å². The van der Waals surface area contributed by atoms with Crippen LogP contribution in [0.25, 0.3) is 0 Å². The fourth-order valence-electron chi connectivity index (χ4n) is 1.15. The van der Waals surface area contributed by atoms with Gasteiger partial charge in [0.05, 0.1) is 0 Å². The second kappa shape index (κ2) is 5.17. The fourth-order valence-corrected chi connectivity index (χ4v) is 1.15. The van der Waals surface area contributed by atoms with Gasteiger partial charge in [-0.3, -0.25) is 0 Å². The van der Waals surface area contributed by atoms with E-state index in [1.165, 1.54) is 12.1 Å². The molecular weight excluding hydrogens is 249 g/mol. The summed E-state index contributed by atoms with van der Waals surface area (Å²) in [4.78, 5) is 0. The predicted octanol–water partition coefficient (Wildman–Crippen LogP) is 2.65. The molecule has 0 bridgehead atoms. The molecular formula is C9H8F5NO2. The Morgan fingerprint density at radius 2 is 1.88 bits per heavy atom. The molecule has 0 saturated heterocycles. The summed E-state index contributed by atoms with van der Waals surface area (Å²) in [5.74, 6) is -1.55. The minimum Gasteiger partial charge on any atom is -0.431 e. The monoisotopic (exact) mass is 257 g/mol. The molecule has 1 aromatic carbocycles. The van der Waals surface area contributed by atoms with Crippen LogP contribution in [0.2, 0.25) is 0 Å². The lowest BCUT2D eigenvalue weighted by molar-refractivity contribution is -0.275. The SMILES string of the molecule is NCc1cccc(OC(F)(F)F)c1OC(F)F. The Balaban J connectivity index is 3.10. The van der Waals surface area contributed by atoms with E-state index in [9.17, 15) is 22.0 Å². The molecule has 2 N–H and O–H groups in total. The molecule has 0 aliphatic carbocycles. The molecule has 3 nitrogen and oxygen atoms in total. The van der Waals surface area contributed by atoms with Crippen molar-refractivity contribution >= 4 is 0 Å². The van der Waals surface area contributed by atoms with Crippen LogP contribution in [0.4, 0.5) is 22.0 Å². The number of rotatable bonds is 4. The summed E-state index contributed by atoms with van der Waals surface area (Å²) in [7, 11) is 0. The smallest absolute Gasteiger partial charge is 0.431 e. The molecule has 0 unspecified atom stereocenters. The molecule has 0 aliphatic rings. The molecule has 0 radical (unpaired) electrons. The maximum Gasteiger partial charge on any atom is 0.573 e. The minimum absolute atomic E-state index is 0.00736. The molecule has 0 atom stereocenters. The first-order valence-electron chi connectivity index (χ1n) is 4.36. The van der Waals surface area contributed by atoms with Gasteiger partial charge in [-0.15, -0.1) is 13.2 Å². The number of halogens is 5. The molecule has 0 aliphatic heterocycles. The Labute approximate surface area is 92.9 Å². The first-order chi connectivity index (χ1) is 7.83. The summed E-state index contributed by atoms with van der Waals surface area (Å²) in [5, 5.41) is 0. The van der Waals surface area contributed by atoms with Gasteiger partial charge in [0, 0.05) is 12.1 Å². The lowest BCUT2D eigenvalue weighted by Crippen LogP contribution is -2.19. The van der Waals surface area contributed by atoms with Crippen molar-refractivity contribution in [3.63, 3.8) is 0 Å². The number of benzene rings is 1. The Bertz CT molecular complexity index is 380. The molecule has 0 spiro atoms. The highest BCUT2D eigenvalue weighted by Crippen LogP contribution is 2.35. The molecule has 17 heavy (non-hydrogen) atoms. The van der Waals surface area contributed by atoms with Crippen LogP contribution >= 0.6 is 0 Å². The van der Waals surface area contributed by atoms with E-state index in [4.69, 9.17) is 5.73 Å². The number of hydrogen-bond donors (Lipinski definition) is 1. The molecule has 0 aromatic heterocycles. The molecule has 0 saturated carbocycles. The number of para-hydroxylation sites is 1. The minimum atomic E-state index is -4.99. The van der Waals surface area contributed by atoms with E-state index in [0.717, 1.165) is 6.07 Å². The van der Waals surface area contributed by atoms with Crippen molar-refractivity contribution in [1.29, 1.82) is 0 Å². The van der Waals surface area contributed by atoms with Crippen LogP contribution in [0.3, 0.4) is 0 Å². The standard InChI is InChI=1S/C9H8F5NO2/c10-8(11)16-7-5(4-15)2-1-3-6(7)17-9(12,13)14/h1-3,8H,4,15H2. The summed E-state index contributed by atoms with van der Waals surface area (Å²) in [6, 6.07) is 3.33. The quantitative estimate of drug-likeness (QED) is 0.843. The number of nitrogens with two attached hydrogens (primary N) is 1. The Hall–Kier alpha value is -1.57. The maximum atomic E-state index is 12.0. The van der Waals surface area contributed by atoms with Crippen molar-refractivity contribution in [2.75, 3.05) is 0 Å². The lowest BCUT2D eigenvalue weighted by atomic mass is 10.2. The van der Waals surface area contributed by atoms with E-state index in [-0.39, 0.29) is 12.1 Å². The topological polar surface area (TPSA) is 44.5 Å². The zero-order chi connectivity index (χ0) is 13.1. The van der Waals surface area contributed by atoms with E-state index in [1.54, 1.807) is 0 Å². The molecule has 0 fully saturated rings. The van der Waals surface area contributed by atoms with Crippen LogP contribution in [0.15, 0.2) is 18.2 Å². The third kappa shape index (κ3) is 4.06. The van der Waals surface area contributed by atoms with E-state index >= 15 is 0 Å². The van der Waals surface area contributed by atoms with Crippen molar-refractivity contribution in [3.05, 3.63) is 23.8 Å². The van der Waals surface area contributed by atoms with Crippen LogP contribution in [0.1, 0.15) is 5.56 Å². The average molecular weight is 257 g/mol. The molecule has 8 heteroatoms. The maximum absolute atomic E-state index is 12.0. The largest absolute Gasteiger partial charge is 0.573 e. The van der Waals surface area contributed by atoms with Crippen LogP contribution < -0.4 is 15.2 Å². The molecule has 1 aromatic rings. The molecule has 0 heterocycles. The van der Waals surface area contributed by atoms with E-state index in [2.05, 4.69) is 9.47 Å². The van der Waals surface area contributed by atoms with Crippen LogP contribution in [0.5, 0.6) is 11.5 Å². The second-order valence-electron chi connectivity index (χ2n) is 2.87. The van der Waals surface area contributed by atoms with E-state index in [0.29, 0.717) is 0 Å². The van der Waals surface area contributed by atoms with Gasteiger partial charge >= 0.3 is 13.0 Å². The first kappa shape index (κ1) is 13.5. The Morgan fingerprint density at radius 1 is 1.24 bits per heavy atom. The lowest BCUT2D eigenvalue weighted by Gasteiger charge is -2.16. The van der Waals surface area contributed by atoms with Gasteiger partial charge in [0.1, 0.15) is 0 Å². The van der Waals surface area contributed by atoms with E-state index in [1.807, 2.05) is 0 Å². The van der Waals surface area contributed by atoms with E-state index < -0.39 is 24.5 Å². The number of alkyl halides is 5. The first-order valence-corrected chi connectivity index (χ1v) is 4.36. The van der Waals surface area contributed by atoms with Gasteiger partial charge in [0.2, 0.25) is 0 Å². The highest BCUT2D eigenvalue weighted by molar-refractivity contribution is 5.46. The van der Waals surface area contributed by atoms with Gasteiger partial charge in [-0.05, 0) is 6.07 Å². The normalized spacial score (nSPS) is 11.7. The van der Waals surface area contributed by atoms with Gasteiger partial charge in [0.15, 0.2) is 11.5 Å².